The lowest BCUT2D eigenvalue weighted by Crippen LogP contribution is -2.52. The van der Waals surface area contributed by atoms with Gasteiger partial charge in [-0.2, -0.15) is 0 Å². The molecule has 1 heterocycles. The van der Waals surface area contributed by atoms with Crippen molar-refractivity contribution in [3.8, 4) is 0 Å². The predicted octanol–water partition coefficient (Wildman–Crippen LogP) is 2.97. The number of piperidine rings is 1. The Morgan fingerprint density at radius 1 is 1.44 bits per heavy atom. The Kier molecular flexibility index (Phi) is 3.13. The molecular weight excluding hydrogens is 220 g/mol. The molecule has 0 aromatic heterocycles. The number of benzene rings is 1. The molecule has 1 unspecified atom stereocenters. The SMILES string of the molecule is Cc1ccc(N2CCCC(C)(N)C2)cc1Cl. The first-order chi connectivity index (χ1) is 7.48. The van der Waals surface area contributed by atoms with E-state index in [1.165, 1.54) is 5.69 Å². The van der Waals surface area contributed by atoms with Crippen LogP contribution < -0.4 is 10.6 Å². The molecule has 1 aliphatic heterocycles. The van der Waals surface area contributed by atoms with E-state index in [2.05, 4.69) is 24.0 Å². The first-order valence-corrected chi connectivity index (χ1v) is 6.16. The number of hydrogen-bond acceptors (Lipinski definition) is 2. The molecule has 0 saturated carbocycles. The Hall–Kier alpha value is -0.730. The zero-order chi connectivity index (χ0) is 11.8. The summed E-state index contributed by atoms with van der Waals surface area (Å²) >= 11 is 6.15. The molecule has 1 atom stereocenters. The second-order valence-corrected chi connectivity index (χ2v) is 5.52. The highest BCUT2D eigenvalue weighted by Gasteiger charge is 2.26. The highest BCUT2D eigenvalue weighted by atomic mass is 35.5. The third-order valence-corrected chi connectivity index (χ3v) is 3.66. The van der Waals surface area contributed by atoms with Crippen LogP contribution in [0.5, 0.6) is 0 Å². The molecule has 0 amide bonds. The molecule has 0 radical (unpaired) electrons. The Morgan fingerprint density at radius 2 is 2.19 bits per heavy atom. The lowest BCUT2D eigenvalue weighted by molar-refractivity contribution is 0.375. The van der Waals surface area contributed by atoms with Crippen LogP contribution in [0.25, 0.3) is 0 Å². The van der Waals surface area contributed by atoms with Gasteiger partial charge in [-0.05, 0) is 44.4 Å². The van der Waals surface area contributed by atoms with Crippen LogP contribution in [-0.4, -0.2) is 18.6 Å². The van der Waals surface area contributed by atoms with Gasteiger partial charge in [-0.1, -0.05) is 17.7 Å². The van der Waals surface area contributed by atoms with Crippen LogP contribution in [0, 0.1) is 6.92 Å². The first kappa shape index (κ1) is 11.7. The van der Waals surface area contributed by atoms with Crippen molar-refractivity contribution in [3.05, 3.63) is 28.8 Å². The van der Waals surface area contributed by atoms with Gasteiger partial charge in [-0.15, -0.1) is 0 Å². The van der Waals surface area contributed by atoms with Gasteiger partial charge in [-0.25, -0.2) is 0 Å². The topological polar surface area (TPSA) is 29.3 Å². The summed E-state index contributed by atoms with van der Waals surface area (Å²) in [6, 6.07) is 6.24. The molecule has 2 N–H and O–H groups in total. The largest absolute Gasteiger partial charge is 0.370 e. The van der Waals surface area contributed by atoms with Gasteiger partial charge in [0.05, 0.1) is 0 Å². The van der Waals surface area contributed by atoms with Crippen molar-refractivity contribution in [1.29, 1.82) is 0 Å². The van der Waals surface area contributed by atoms with Crippen molar-refractivity contribution in [2.24, 2.45) is 5.73 Å². The molecule has 1 aromatic rings. The monoisotopic (exact) mass is 238 g/mol. The zero-order valence-corrected chi connectivity index (χ0v) is 10.7. The van der Waals surface area contributed by atoms with E-state index in [1.807, 2.05) is 13.0 Å². The van der Waals surface area contributed by atoms with Crippen LogP contribution in [0.2, 0.25) is 5.02 Å². The molecule has 1 aliphatic rings. The molecule has 2 rings (SSSR count). The highest BCUT2D eigenvalue weighted by Crippen LogP contribution is 2.27. The molecule has 3 heteroatoms. The fourth-order valence-electron chi connectivity index (χ4n) is 2.27. The van der Waals surface area contributed by atoms with Gasteiger partial charge in [0.2, 0.25) is 0 Å². The van der Waals surface area contributed by atoms with Gasteiger partial charge in [-0.3, -0.25) is 0 Å². The predicted molar refractivity (Wildman–Crippen MR) is 70.2 cm³/mol. The van der Waals surface area contributed by atoms with E-state index < -0.39 is 0 Å². The molecule has 0 spiro atoms. The van der Waals surface area contributed by atoms with Gasteiger partial charge in [0.25, 0.3) is 0 Å². The van der Waals surface area contributed by atoms with E-state index in [1.54, 1.807) is 0 Å². The summed E-state index contributed by atoms with van der Waals surface area (Å²) in [6.45, 7) is 6.13. The summed E-state index contributed by atoms with van der Waals surface area (Å²) in [4.78, 5) is 2.33. The van der Waals surface area contributed by atoms with Crippen molar-refractivity contribution >= 4 is 17.3 Å². The number of halogens is 1. The summed E-state index contributed by atoms with van der Waals surface area (Å²) in [7, 11) is 0. The van der Waals surface area contributed by atoms with Crippen molar-refractivity contribution in [3.63, 3.8) is 0 Å². The van der Waals surface area contributed by atoms with E-state index in [0.29, 0.717) is 0 Å². The number of anilines is 1. The number of aryl methyl sites for hydroxylation is 1. The van der Waals surface area contributed by atoms with Crippen LogP contribution in [0.4, 0.5) is 5.69 Å². The molecule has 1 saturated heterocycles. The van der Waals surface area contributed by atoms with E-state index in [9.17, 15) is 0 Å². The lowest BCUT2D eigenvalue weighted by Gasteiger charge is -2.39. The Labute approximate surface area is 102 Å². The van der Waals surface area contributed by atoms with Crippen molar-refractivity contribution < 1.29 is 0 Å². The van der Waals surface area contributed by atoms with Crippen LogP contribution in [0.3, 0.4) is 0 Å². The molecule has 1 fully saturated rings. The maximum atomic E-state index is 6.20. The molecule has 0 aliphatic carbocycles. The fourth-order valence-corrected chi connectivity index (χ4v) is 2.44. The number of nitrogens with two attached hydrogens (primary N) is 1. The van der Waals surface area contributed by atoms with Gasteiger partial charge in [0, 0.05) is 29.3 Å². The molecule has 2 nitrogen and oxygen atoms in total. The van der Waals surface area contributed by atoms with Gasteiger partial charge < -0.3 is 10.6 Å². The minimum absolute atomic E-state index is 0.0738. The summed E-state index contributed by atoms with van der Waals surface area (Å²) in [6.07, 6.45) is 2.25. The number of nitrogens with zero attached hydrogens (tertiary/aromatic N) is 1. The minimum Gasteiger partial charge on any atom is -0.370 e. The molecule has 0 bridgehead atoms. The minimum atomic E-state index is -0.0738. The second kappa shape index (κ2) is 4.27. The summed E-state index contributed by atoms with van der Waals surface area (Å²) in [5.41, 5.74) is 8.44. The average molecular weight is 239 g/mol. The third kappa shape index (κ3) is 2.50. The Morgan fingerprint density at radius 3 is 2.81 bits per heavy atom. The van der Waals surface area contributed by atoms with Crippen LogP contribution >= 0.6 is 11.6 Å². The first-order valence-electron chi connectivity index (χ1n) is 5.78. The Bertz CT molecular complexity index is 388. The van der Waals surface area contributed by atoms with Crippen LogP contribution in [0.15, 0.2) is 18.2 Å². The normalized spacial score (nSPS) is 25.9. The van der Waals surface area contributed by atoms with Gasteiger partial charge >= 0.3 is 0 Å². The highest BCUT2D eigenvalue weighted by molar-refractivity contribution is 6.31. The zero-order valence-electron chi connectivity index (χ0n) is 9.96. The van der Waals surface area contributed by atoms with Crippen LogP contribution in [0.1, 0.15) is 25.3 Å². The maximum absolute atomic E-state index is 6.20. The molecule has 88 valence electrons. The quantitative estimate of drug-likeness (QED) is 0.815. The maximum Gasteiger partial charge on any atom is 0.0455 e. The van der Waals surface area contributed by atoms with Crippen LogP contribution in [-0.2, 0) is 0 Å². The van der Waals surface area contributed by atoms with Crippen molar-refractivity contribution in [1.82, 2.24) is 0 Å². The van der Waals surface area contributed by atoms with E-state index >= 15 is 0 Å². The van der Waals surface area contributed by atoms with E-state index in [0.717, 1.165) is 36.5 Å². The molecule has 1 aromatic carbocycles. The summed E-state index contributed by atoms with van der Waals surface area (Å²) in [5.74, 6) is 0. The molecule has 16 heavy (non-hydrogen) atoms. The Balaban J connectivity index is 2.20. The van der Waals surface area contributed by atoms with E-state index in [4.69, 9.17) is 17.3 Å². The second-order valence-electron chi connectivity index (χ2n) is 5.11. The molecular formula is C13H19ClN2. The van der Waals surface area contributed by atoms with Gasteiger partial charge in [0.15, 0.2) is 0 Å². The summed E-state index contributed by atoms with van der Waals surface area (Å²) < 4.78 is 0. The summed E-state index contributed by atoms with van der Waals surface area (Å²) in [5, 5.41) is 0.835. The average Bonchev–Trinajstić information content (AvgIpc) is 2.20. The third-order valence-electron chi connectivity index (χ3n) is 3.25. The van der Waals surface area contributed by atoms with Gasteiger partial charge in [0.1, 0.15) is 0 Å². The number of hydrogen-bond donors (Lipinski definition) is 1. The standard InChI is InChI=1S/C13H19ClN2/c1-10-4-5-11(8-12(10)14)16-7-3-6-13(2,15)9-16/h4-5,8H,3,6-7,9,15H2,1-2H3. The van der Waals surface area contributed by atoms with Crippen molar-refractivity contribution in [2.45, 2.75) is 32.2 Å². The lowest BCUT2D eigenvalue weighted by atomic mass is 9.92. The van der Waals surface area contributed by atoms with E-state index in [-0.39, 0.29) is 5.54 Å². The van der Waals surface area contributed by atoms with Crippen molar-refractivity contribution in [2.75, 3.05) is 18.0 Å². The smallest absolute Gasteiger partial charge is 0.0455 e. The fraction of sp³-hybridized carbons (Fsp3) is 0.538. The number of rotatable bonds is 1.